The maximum atomic E-state index is 13.3. The minimum absolute atomic E-state index is 0.0721. The van der Waals surface area contributed by atoms with E-state index in [9.17, 15) is 14.0 Å². The molecule has 0 fully saturated rings. The van der Waals surface area contributed by atoms with E-state index >= 15 is 0 Å². The van der Waals surface area contributed by atoms with Gasteiger partial charge in [-0.25, -0.2) is 4.39 Å². The Morgan fingerprint density at radius 3 is 2.38 bits per heavy atom. The number of hydrogen-bond acceptors (Lipinski definition) is 2. The van der Waals surface area contributed by atoms with E-state index in [-0.39, 0.29) is 12.0 Å². The Morgan fingerprint density at radius 2 is 1.81 bits per heavy atom. The first-order chi connectivity index (χ1) is 9.94. The average molecular weight is 287 g/mol. The van der Waals surface area contributed by atoms with Gasteiger partial charge in [-0.15, -0.1) is 0 Å². The number of carboxylic acids is 1. The zero-order valence-electron chi connectivity index (χ0n) is 11.4. The summed E-state index contributed by atoms with van der Waals surface area (Å²) in [6.07, 6.45) is -0.0721. The molecule has 2 aromatic carbocycles. The molecule has 2 rings (SSSR count). The van der Waals surface area contributed by atoms with Crippen LogP contribution in [0, 0.1) is 12.7 Å². The summed E-state index contributed by atoms with van der Waals surface area (Å²) in [6.45, 7) is 1.71. The molecule has 0 atom stereocenters. The van der Waals surface area contributed by atoms with Gasteiger partial charge in [0, 0.05) is 11.3 Å². The number of aliphatic carboxylic acids is 1. The van der Waals surface area contributed by atoms with Crippen molar-refractivity contribution in [3.05, 3.63) is 65.0 Å². The third-order valence-corrected chi connectivity index (χ3v) is 2.87. The molecule has 0 aliphatic rings. The van der Waals surface area contributed by atoms with Gasteiger partial charge >= 0.3 is 5.97 Å². The molecule has 1 amide bonds. The van der Waals surface area contributed by atoms with Crippen LogP contribution in [0.1, 0.15) is 21.5 Å². The highest BCUT2D eigenvalue weighted by molar-refractivity contribution is 6.04. The largest absolute Gasteiger partial charge is 0.481 e. The van der Waals surface area contributed by atoms with Crippen molar-refractivity contribution in [2.24, 2.45) is 0 Å². The summed E-state index contributed by atoms with van der Waals surface area (Å²) in [5.41, 5.74) is 2.07. The van der Waals surface area contributed by atoms with Crippen LogP contribution in [0.2, 0.25) is 0 Å². The van der Waals surface area contributed by atoms with Crippen molar-refractivity contribution < 1.29 is 19.1 Å². The van der Waals surface area contributed by atoms with Gasteiger partial charge in [0.1, 0.15) is 5.82 Å². The lowest BCUT2D eigenvalue weighted by Crippen LogP contribution is -2.12. The van der Waals surface area contributed by atoms with E-state index in [0.717, 1.165) is 0 Å². The highest BCUT2D eigenvalue weighted by Crippen LogP contribution is 2.14. The van der Waals surface area contributed by atoms with Gasteiger partial charge in [-0.1, -0.05) is 12.1 Å². The monoisotopic (exact) mass is 287 g/mol. The summed E-state index contributed by atoms with van der Waals surface area (Å²) in [7, 11) is 0. The molecule has 0 spiro atoms. The first-order valence-electron chi connectivity index (χ1n) is 6.33. The molecule has 0 saturated heterocycles. The molecule has 0 heterocycles. The van der Waals surface area contributed by atoms with Crippen LogP contribution in [0.15, 0.2) is 42.5 Å². The number of rotatable bonds is 4. The van der Waals surface area contributed by atoms with Crippen LogP contribution in [0.4, 0.5) is 10.1 Å². The van der Waals surface area contributed by atoms with E-state index in [1.165, 1.54) is 12.1 Å². The Kier molecular flexibility index (Phi) is 4.33. The number of nitrogens with one attached hydrogen (secondary N) is 1. The summed E-state index contributed by atoms with van der Waals surface area (Å²) in [4.78, 5) is 22.6. The van der Waals surface area contributed by atoms with E-state index in [1.807, 2.05) is 0 Å². The smallest absolute Gasteiger partial charge is 0.307 e. The summed E-state index contributed by atoms with van der Waals surface area (Å²) in [6, 6.07) is 10.6. The summed E-state index contributed by atoms with van der Waals surface area (Å²) in [5.74, 6) is -1.79. The van der Waals surface area contributed by atoms with Crippen LogP contribution in [0.3, 0.4) is 0 Å². The minimum Gasteiger partial charge on any atom is -0.481 e. The van der Waals surface area contributed by atoms with Gasteiger partial charge in [0.2, 0.25) is 0 Å². The lowest BCUT2D eigenvalue weighted by atomic mass is 10.1. The van der Waals surface area contributed by atoms with E-state index in [4.69, 9.17) is 5.11 Å². The number of anilines is 1. The Bertz CT molecular complexity index is 660. The Labute approximate surface area is 121 Å². The van der Waals surface area contributed by atoms with E-state index in [2.05, 4.69) is 5.32 Å². The zero-order valence-corrected chi connectivity index (χ0v) is 11.4. The molecule has 2 N–H and O–H groups in total. The van der Waals surface area contributed by atoms with Gasteiger partial charge < -0.3 is 10.4 Å². The van der Waals surface area contributed by atoms with Crippen LogP contribution in [-0.2, 0) is 11.2 Å². The third-order valence-electron chi connectivity index (χ3n) is 2.87. The van der Waals surface area contributed by atoms with E-state index in [1.54, 1.807) is 37.3 Å². The number of benzene rings is 2. The fraction of sp³-hybridized carbons (Fsp3) is 0.125. The van der Waals surface area contributed by atoms with Crippen molar-refractivity contribution >= 4 is 17.6 Å². The predicted octanol–water partition coefficient (Wildman–Crippen LogP) is 3.01. The molecule has 0 saturated carbocycles. The van der Waals surface area contributed by atoms with Gasteiger partial charge in [0.15, 0.2) is 0 Å². The second-order valence-corrected chi connectivity index (χ2v) is 4.74. The topological polar surface area (TPSA) is 66.4 Å². The van der Waals surface area contributed by atoms with Crippen molar-refractivity contribution in [3.8, 4) is 0 Å². The van der Waals surface area contributed by atoms with Crippen LogP contribution in [-0.4, -0.2) is 17.0 Å². The van der Waals surface area contributed by atoms with Crippen molar-refractivity contribution in [1.29, 1.82) is 0 Å². The molecule has 2 aromatic rings. The summed E-state index contributed by atoms with van der Waals surface area (Å²) >= 11 is 0. The number of halogens is 1. The quantitative estimate of drug-likeness (QED) is 0.908. The molecule has 0 aliphatic carbocycles. The minimum atomic E-state index is -0.915. The van der Waals surface area contributed by atoms with Gasteiger partial charge in [-0.05, 0) is 48.4 Å². The van der Waals surface area contributed by atoms with Crippen molar-refractivity contribution in [2.75, 3.05) is 5.32 Å². The fourth-order valence-electron chi connectivity index (χ4n) is 1.95. The predicted molar refractivity (Wildman–Crippen MR) is 76.9 cm³/mol. The molecule has 5 heteroatoms. The molecule has 4 nitrogen and oxygen atoms in total. The van der Waals surface area contributed by atoms with Gasteiger partial charge in [-0.3, -0.25) is 9.59 Å². The molecule has 0 unspecified atom stereocenters. The third kappa shape index (κ3) is 4.14. The van der Waals surface area contributed by atoms with E-state index in [0.29, 0.717) is 16.8 Å². The zero-order chi connectivity index (χ0) is 15.4. The maximum absolute atomic E-state index is 13.3. The van der Waals surface area contributed by atoms with Crippen LogP contribution in [0.5, 0.6) is 0 Å². The van der Waals surface area contributed by atoms with Crippen LogP contribution < -0.4 is 5.32 Å². The first kappa shape index (κ1) is 14.7. The number of carboxylic acid groups (broad SMARTS) is 1. The molecule has 21 heavy (non-hydrogen) atoms. The lowest BCUT2D eigenvalue weighted by Gasteiger charge is -2.07. The molecule has 0 aliphatic heterocycles. The molecule has 108 valence electrons. The van der Waals surface area contributed by atoms with Crippen molar-refractivity contribution in [1.82, 2.24) is 0 Å². The second-order valence-electron chi connectivity index (χ2n) is 4.74. The first-order valence-corrected chi connectivity index (χ1v) is 6.33. The SMILES string of the molecule is Cc1cc(F)cc(C(=O)Nc2ccc(CC(=O)O)cc2)c1. The van der Waals surface area contributed by atoms with Crippen molar-refractivity contribution in [2.45, 2.75) is 13.3 Å². The molecular weight excluding hydrogens is 273 g/mol. The lowest BCUT2D eigenvalue weighted by molar-refractivity contribution is -0.136. The van der Waals surface area contributed by atoms with Gasteiger partial charge in [-0.2, -0.15) is 0 Å². The average Bonchev–Trinajstić information content (AvgIpc) is 2.39. The number of carbonyl (C=O) groups is 2. The number of hydrogen-bond donors (Lipinski definition) is 2. The number of aryl methyl sites for hydroxylation is 1. The Morgan fingerprint density at radius 1 is 1.14 bits per heavy atom. The maximum Gasteiger partial charge on any atom is 0.307 e. The Hall–Kier alpha value is -2.69. The number of amides is 1. The van der Waals surface area contributed by atoms with Crippen LogP contribution in [0.25, 0.3) is 0 Å². The molecule has 0 radical (unpaired) electrons. The summed E-state index contributed by atoms with van der Waals surface area (Å²) in [5, 5.41) is 11.3. The van der Waals surface area contributed by atoms with Gasteiger partial charge in [0.05, 0.1) is 6.42 Å². The second kappa shape index (κ2) is 6.17. The normalized spacial score (nSPS) is 10.2. The van der Waals surface area contributed by atoms with Gasteiger partial charge in [0.25, 0.3) is 5.91 Å². The molecule has 0 aromatic heterocycles. The Balaban J connectivity index is 2.10. The van der Waals surface area contributed by atoms with Crippen LogP contribution >= 0.6 is 0 Å². The number of carbonyl (C=O) groups excluding carboxylic acids is 1. The highest BCUT2D eigenvalue weighted by Gasteiger charge is 2.08. The standard InChI is InChI=1S/C16H14FNO3/c1-10-6-12(9-13(17)7-10)16(21)18-14-4-2-11(3-5-14)8-15(19)20/h2-7,9H,8H2,1H3,(H,18,21)(H,19,20). The van der Waals surface area contributed by atoms with Crippen molar-refractivity contribution in [3.63, 3.8) is 0 Å². The summed E-state index contributed by atoms with van der Waals surface area (Å²) < 4.78 is 13.3. The fourth-order valence-corrected chi connectivity index (χ4v) is 1.95. The molecule has 0 bridgehead atoms. The molecular formula is C16H14FNO3. The highest BCUT2D eigenvalue weighted by atomic mass is 19.1. The van der Waals surface area contributed by atoms with E-state index < -0.39 is 17.7 Å².